The van der Waals surface area contributed by atoms with Gasteiger partial charge in [0.1, 0.15) is 11.6 Å². The maximum Gasteiger partial charge on any atom is 0.128 e. The molecular weight excluding hydrogens is 338 g/mol. The number of hydrogen-bond acceptors (Lipinski definition) is 2. The fourth-order valence-electron chi connectivity index (χ4n) is 2.30. The van der Waals surface area contributed by atoms with Crippen molar-refractivity contribution in [2.75, 3.05) is 13.6 Å². The van der Waals surface area contributed by atoms with Gasteiger partial charge in [0.05, 0.1) is 0 Å². The zero-order chi connectivity index (χ0) is 15.4. The fraction of sp³-hybridized carbons (Fsp3) is 0.250. The van der Waals surface area contributed by atoms with E-state index in [4.69, 9.17) is 5.73 Å². The number of rotatable bonds is 5. The first kappa shape index (κ1) is 16.1. The first-order valence-corrected chi connectivity index (χ1v) is 7.40. The molecule has 0 bridgehead atoms. The maximum absolute atomic E-state index is 14.0. The first-order chi connectivity index (χ1) is 10.0. The van der Waals surface area contributed by atoms with Crippen LogP contribution in [0.2, 0.25) is 0 Å². The van der Waals surface area contributed by atoms with E-state index in [9.17, 15) is 8.78 Å². The highest BCUT2D eigenvalue weighted by Gasteiger charge is 2.19. The van der Waals surface area contributed by atoms with E-state index in [1.165, 1.54) is 18.2 Å². The molecule has 112 valence electrons. The third-order valence-corrected chi connectivity index (χ3v) is 3.91. The van der Waals surface area contributed by atoms with E-state index in [0.717, 1.165) is 10.0 Å². The summed E-state index contributed by atoms with van der Waals surface area (Å²) in [6, 6.07) is 10.9. The average Bonchev–Trinajstić information content (AvgIpc) is 2.46. The van der Waals surface area contributed by atoms with Crippen LogP contribution in [0.4, 0.5) is 8.78 Å². The lowest BCUT2D eigenvalue weighted by Gasteiger charge is -2.28. The van der Waals surface area contributed by atoms with Crippen LogP contribution in [0.5, 0.6) is 0 Å². The third-order valence-electron chi connectivity index (χ3n) is 3.42. The van der Waals surface area contributed by atoms with Crippen LogP contribution in [0.15, 0.2) is 46.9 Å². The van der Waals surface area contributed by atoms with Crippen molar-refractivity contribution in [2.45, 2.75) is 12.6 Å². The van der Waals surface area contributed by atoms with Gasteiger partial charge >= 0.3 is 0 Å². The Hall–Kier alpha value is -1.30. The molecule has 0 aliphatic rings. The predicted octanol–water partition coefficient (Wildman–Crippen LogP) is 3.86. The summed E-state index contributed by atoms with van der Waals surface area (Å²) in [5, 5.41) is 0. The number of nitrogens with zero attached hydrogens (tertiary/aromatic N) is 1. The molecule has 0 aliphatic heterocycles. The summed E-state index contributed by atoms with van der Waals surface area (Å²) in [6.45, 7) is 0.860. The highest BCUT2D eigenvalue weighted by molar-refractivity contribution is 9.10. The lowest BCUT2D eigenvalue weighted by Crippen LogP contribution is -2.30. The summed E-state index contributed by atoms with van der Waals surface area (Å²) in [7, 11) is 1.88. The molecule has 0 aliphatic carbocycles. The molecule has 0 fully saturated rings. The van der Waals surface area contributed by atoms with E-state index in [1.54, 1.807) is 24.3 Å². The van der Waals surface area contributed by atoms with Gasteiger partial charge in [-0.1, -0.05) is 28.1 Å². The summed E-state index contributed by atoms with van der Waals surface area (Å²) >= 11 is 3.35. The van der Waals surface area contributed by atoms with Gasteiger partial charge in [-0.15, -0.1) is 0 Å². The van der Waals surface area contributed by atoms with E-state index < -0.39 is 0 Å². The van der Waals surface area contributed by atoms with Crippen molar-refractivity contribution in [3.8, 4) is 0 Å². The molecule has 0 amide bonds. The number of halogens is 3. The molecule has 2 aromatic rings. The van der Waals surface area contributed by atoms with Gasteiger partial charge in [0.15, 0.2) is 0 Å². The lowest BCUT2D eigenvalue weighted by molar-refractivity contribution is 0.236. The van der Waals surface area contributed by atoms with Crippen LogP contribution in [-0.2, 0) is 6.54 Å². The fourth-order valence-corrected chi connectivity index (χ4v) is 2.68. The van der Waals surface area contributed by atoms with E-state index in [1.807, 2.05) is 11.9 Å². The monoisotopic (exact) mass is 354 g/mol. The Morgan fingerprint density at radius 2 is 1.81 bits per heavy atom. The summed E-state index contributed by atoms with van der Waals surface area (Å²) in [6.07, 6.45) is 0. The Bertz CT molecular complexity index is 602. The predicted molar refractivity (Wildman–Crippen MR) is 83.8 cm³/mol. The molecule has 21 heavy (non-hydrogen) atoms. The van der Waals surface area contributed by atoms with E-state index >= 15 is 0 Å². The smallest absolute Gasteiger partial charge is 0.128 e. The quantitative estimate of drug-likeness (QED) is 0.883. The maximum atomic E-state index is 14.0. The Labute approximate surface area is 131 Å². The largest absolute Gasteiger partial charge is 0.329 e. The molecule has 1 unspecified atom stereocenters. The molecule has 0 radical (unpaired) electrons. The molecule has 0 saturated carbocycles. The third kappa shape index (κ3) is 4.09. The Morgan fingerprint density at radius 3 is 2.43 bits per heavy atom. The minimum absolute atomic E-state index is 0.243. The zero-order valence-electron chi connectivity index (χ0n) is 11.7. The summed E-state index contributed by atoms with van der Waals surface area (Å²) in [5.41, 5.74) is 7.32. The van der Waals surface area contributed by atoms with Crippen molar-refractivity contribution >= 4 is 15.9 Å². The van der Waals surface area contributed by atoms with Crippen LogP contribution in [0.1, 0.15) is 17.2 Å². The highest BCUT2D eigenvalue weighted by atomic mass is 79.9. The summed E-state index contributed by atoms with van der Waals surface area (Å²) in [4.78, 5) is 1.96. The van der Waals surface area contributed by atoms with Gasteiger partial charge in [-0.2, -0.15) is 0 Å². The van der Waals surface area contributed by atoms with Crippen molar-refractivity contribution in [3.05, 3.63) is 69.7 Å². The number of likely N-dealkylation sites (N-methyl/N-ethyl adjacent to an activating group) is 1. The average molecular weight is 355 g/mol. The molecule has 2 N–H and O–H groups in total. The Balaban J connectivity index is 2.20. The van der Waals surface area contributed by atoms with Crippen LogP contribution in [0.25, 0.3) is 0 Å². The first-order valence-electron chi connectivity index (χ1n) is 6.61. The molecule has 0 spiro atoms. The van der Waals surface area contributed by atoms with Crippen molar-refractivity contribution in [1.82, 2.24) is 4.90 Å². The lowest BCUT2D eigenvalue weighted by atomic mass is 10.0. The van der Waals surface area contributed by atoms with Gasteiger partial charge in [-0.25, -0.2) is 8.78 Å². The van der Waals surface area contributed by atoms with Gasteiger partial charge in [0.2, 0.25) is 0 Å². The molecule has 2 aromatic carbocycles. The van der Waals surface area contributed by atoms with Crippen LogP contribution in [-0.4, -0.2) is 18.5 Å². The highest BCUT2D eigenvalue weighted by Crippen LogP contribution is 2.26. The Kier molecular flexibility index (Phi) is 5.45. The molecule has 0 saturated heterocycles. The molecule has 0 aromatic heterocycles. The minimum Gasteiger partial charge on any atom is -0.329 e. The normalized spacial score (nSPS) is 12.7. The molecule has 1 atom stereocenters. The molecule has 2 nitrogen and oxygen atoms in total. The number of nitrogens with two attached hydrogens (primary N) is 1. The molecule has 2 rings (SSSR count). The van der Waals surface area contributed by atoms with E-state index in [0.29, 0.717) is 18.7 Å². The van der Waals surface area contributed by atoms with Gasteiger partial charge in [-0.05, 0) is 42.9 Å². The van der Waals surface area contributed by atoms with Crippen LogP contribution >= 0.6 is 15.9 Å². The SMILES string of the molecule is CN(Cc1ccc(F)cc1)C(CN)c1cc(Br)ccc1F. The Morgan fingerprint density at radius 1 is 1.14 bits per heavy atom. The van der Waals surface area contributed by atoms with Crippen LogP contribution in [0, 0.1) is 11.6 Å². The van der Waals surface area contributed by atoms with Gasteiger partial charge in [0.25, 0.3) is 0 Å². The number of benzene rings is 2. The van der Waals surface area contributed by atoms with Gasteiger partial charge in [0, 0.05) is 29.2 Å². The number of hydrogen-bond donors (Lipinski definition) is 1. The van der Waals surface area contributed by atoms with Gasteiger partial charge in [-0.3, -0.25) is 4.90 Å². The van der Waals surface area contributed by atoms with Crippen molar-refractivity contribution in [2.24, 2.45) is 5.73 Å². The second-order valence-electron chi connectivity index (χ2n) is 4.96. The summed E-state index contributed by atoms with van der Waals surface area (Å²) < 4.78 is 27.7. The molecule has 0 heterocycles. The zero-order valence-corrected chi connectivity index (χ0v) is 13.3. The summed E-state index contributed by atoms with van der Waals surface area (Å²) in [5.74, 6) is -0.547. The standard InChI is InChI=1S/C16H17BrF2N2/c1-21(10-11-2-5-13(18)6-3-11)16(9-20)14-8-12(17)4-7-15(14)19/h2-8,16H,9-10,20H2,1H3. The van der Waals surface area contributed by atoms with Crippen molar-refractivity contribution < 1.29 is 8.78 Å². The molecule has 5 heteroatoms. The van der Waals surface area contributed by atoms with Gasteiger partial charge < -0.3 is 5.73 Å². The van der Waals surface area contributed by atoms with E-state index in [2.05, 4.69) is 15.9 Å². The van der Waals surface area contributed by atoms with Crippen LogP contribution in [0.3, 0.4) is 0 Å². The topological polar surface area (TPSA) is 29.3 Å². The minimum atomic E-state index is -0.278. The molecular formula is C16H17BrF2N2. The second kappa shape index (κ2) is 7.11. The van der Waals surface area contributed by atoms with Crippen LogP contribution < -0.4 is 5.73 Å². The van der Waals surface area contributed by atoms with Crippen molar-refractivity contribution in [3.63, 3.8) is 0 Å². The van der Waals surface area contributed by atoms with Crippen molar-refractivity contribution in [1.29, 1.82) is 0 Å². The second-order valence-corrected chi connectivity index (χ2v) is 5.87. The van der Waals surface area contributed by atoms with E-state index in [-0.39, 0.29) is 17.7 Å².